The van der Waals surface area contributed by atoms with E-state index in [1.54, 1.807) is 0 Å². The number of carboxylic acids is 2. The summed E-state index contributed by atoms with van der Waals surface area (Å²) in [6, 6.07) is -0.851. The standard InChI is InChI=1S/C16H26N2O5S.ClH/c1-16(2)8-10(16)13(19)18-12(15(22)23)6-4-3-5-7-24-9-11(17)14(20)21;/h6,10-11H,3-5,7-9,17H2,1-2H3,(H,18,19)(H,20,21)(H,22,23);1H/b12-6-;/t10-,11-;/m1./s1. The van der Waals surface area contributed by atoms with Crippen LogP contribution in [0.4, 0.5) is 0 Å². The van der Waals surface area contributed by atoms with E-state index < -0.39 is 18.0 Å². The van der Waals surface area contributed by atoms with Gasteiger partial charge in [0.25, 0.3) is 0 Å². The number of nitrogens with two attached hydrogens (primary N) is 1. The van der Waals surface area contributed by atoms with Crippen molar-refractivity contribution in [3.05, 3.63) is 11.8 Å². The summed E-state index contributed by atoms with van der Waals surface area (Å²) in [5.74, 6) is -1.37. The van der Waals surface area contributed by atoms with Crippen LogP contribution in [0.5, 0.6) is 0 Å². The molecule has 0 aromatic carbocycles. The van der Waals surface area contributed by atoms with Gasteiger partial charge in [-0.3, -0.25) is 9.59 Å². The number of rotatable bonds is 11. The van der Waals surface area contributed by atoms with E-state index in [1.807, 2.05) is 13.8 Å². The van der Waals surface area contributed by atoms with Crippen LogP contribution >= 0.6 is 24.2 Å². The first-order valence-corrected chi connectivity index (χ1v) is 9.11. The van der Waals surface area contributed by atoms with E-state index in [2.05, 4.69) is 5.32 Å². The van der Waals surface area contributed by atoms with E-state index >= 15 is 0 Å². The fourth-order valence-corrected chi connectivity index (χ4v) is 3.17. The number of carboxylic acid groups (broad SMARTS) is 2. The van der Waals surface area contributed by atoms with Crippen molar-refractivity contribution in [2.45, 2.75) is 45.6 Å². The normalized spacial score (nSPS) is 19.5. The summed E-state index contributed by atoms with van der Waals surface area (Å²) in [4.78, 5) is 33.7. The van der Waals surface area contributed by atoms with Crippen molar-refractivity contribution in [3.63, 3.8) is 0 Å². The highest BCUT2D eigenvalue weighted by molar-refractivity contribution is 7.99. The molecule has 1 saturated carbocycles. The molecule has 0 unspecified atom stereocenters. The summed E-state index contributed by atoms with van der Waals surface area (Å²) >= 11 is 1.46. The number of amides is 1. The van der Waals surface area contributed by atoms with E-state index in [-0.39, 0.29) is 35.3 Å². The second kappa shape index (κ2) is 10.7. The van der Waals surface area contributed by atoms with Crippen LogP contribution in [0.2, 0.25) is 0 Å². The summed E-state index contributed by atoms with van der Waals surface area (Å²) in [6.07, 6.45) is 4.44. The number of carbonyl (C=O) groups excluding carboxylic acids is 1. The quantitative estimate of drug-likeness (QED) is 0.311. The molecule has 25 heavy (non-hydrogen) atoms. The lowest BCUT2D eigenvalue weighted by Gasteiger charge is -2.08. The second-order valence-corrected chi connectivity index (χ2v) is 7.82. The number of hydrogen-bond donors (Lipinski definition) is 4. The molecule has 1 fully saturated rings. The summed E-state index contributed by atoms with van der Waals surface area (Å²) in [5, 5.41) is 20.3. The number of aliphatic carboxylic acids is 2. The van der Waals surface area contributed by atoms with E-state index in [0.29, 0.717) is 12.2 Å². The van der Waals surface area contributed by atoms with Gasteiger partial charge in [0.15, 0.2) is 0 Å². The van der Waals surface area contributed by atoms with Crippen LogP contribution in [-0.2, 0) is 14.4 Å². The van der Waals surface area contributed by atoms with E-state index in [9.17, 15) is 14.4 Å². The third-order valence-electron chi connectivity index (χ3n) is 4.02. The Hall–Kier alpha value is -1.25. The van der Waals surface area contributed by atoms with Crippen LogP contribution in [0.3, 0.4) is 0 Å². The molecule has 7 nitrogen and oxygen atoms in total. The molecule has 1 aliphatic carbocycles. The molecule has 0 aromatic rings. The number of allylic oxidation sites excluding steroid dienone is 1. The highest BCUT2D eigenvalue weighted by Crippen LogP contribution is 2.51. The van der Waals surface area contributed by atoms with Gasteiger partial charge in [0, 0.05) is 11.7 Å². The lowest BCUT2D eigenvalue weighted by Crippen LogP contribution is -2.32. The highest BCUT2D eigenvalue weighted by Gasteiger charge is 2.50. The maximum absolute atomic E-state index is 12.0. The molecular formula is C16H27ClN2O5S. The largest absolute Gasteiger partial charge is 0.480 e. The maximum Gasteiger partial charge on any atom is 0.352 e. The lowest BCUT2D eigenvalue weighted by molar-refractivity contribution is -0.138. The van der Waals surface area contributed by atoms with Crippen molar-refractivity contribution in [2.24, 2.45) is 17.1 Å². The van der Waals surface area contributed by atoms with Crippen LogP contribution in [0.15, 0.2) is 11.8 Å². The molecule has 0 bridgehead atoms. The lowest BCUT2D eigenvalue weighted by atomic mass is 10.1. The summed E-state index contributed by atoms with van der Waals surface area (Å²) in [5.41, 5.74) is 5.28. The Bertz CT molecular complexity index is 525. The Kier molecular flexibility index (Phi) is 10.1. The van der Waals surface area contributed by atoms with Crippen LogP contribution < -0.4 is 11.1 Å². The number of unbranched alkanes of at least 4 members (excludes halogenated alkanes) is 2. The van der Waals surface area contributed by atoms with Gasteiger partial charge in [0.2, 0.25) is 5.91 Å². The summed E-state index contributed by atoms with van der Waals surface area (Å²) in [7, 11) is 0. The minimum absolute atomic E-state index is 0. The molecule has 0 aromatic heterocycles. The molecule has 1 amide bonds. The Morgan fingerprint density at radius 2 is 1.92 bits per heavy atom. The number of hydrogen-bond acceptors (Lipinski definition) is 5. The van der Waals surface area contributed by atoms with Crippen molar-refractivity contribution in [1.29, 1.82) is 0 Å². The molecule has 0 saturated heterocycles. The van der Waals surface area contributed by atoms with Crippen molar-refractivity contribution in [2.75, 3.05) is 11.5 Å². The fraction of sp³-hybridized carbons (Fsp3) is 0.688. The smallest absolute Gasteiger partial charge is 0.352 e. The monoisotopic (exact) mass is 394 g/mol. The SMILES string of the molecule is CC1(C)C[C@@H]1C(=O)N/C(=C\CCCCSC[C@@H](N)C(=O)O)C(=O)O.Cl. The van der Waals surface area contributed by atoms with E-state index in [4.69, 9.17) is 15.9 Å². The Balaban J connectivity index is 0.00000576. The minimum atomic E-state index is -1.14. The van der Waals surface area contributed by atoms with Crippen LogP contribution in [0, 0.1) is 11.3 Å². The Labute approximate surface area is 158 Å². The number of nitrogens with one attached hydrogen (secondary N) is 1. The molecular weight excluding hydrogens is 368 g/mol. The number of carbonyl (C=O) groups is 3. The summed E-state index contributed by atoms with van der Waals surface area (Å²) in [6.45, 7) is 3.96. The van der Waals surface area contributed by atoms with Crippen molar-refractivity contribution in [3.8, 4) is 0 Å². The molecule has 0 spiro atoms. The fourth-order valence-electron chi connectivity index (χ4n) is 2.20. The minimum Gasteiger partial charge on any atom is -0.480 e. The molecule has 0 aliphatic heterocycles. The van der Waals surface area contributed by atoms with Gasteiger partial charge in [-0.15, -0.1) is 12.4 Å². The van der Waals surface area contributed by atoms with Crippen molar-refractivity contribution >= 4 is 42.0 Å². The zero-order valence-corrected chi connectivity index (χ0v) is 16.1. The van der Waals surface area contributed by atoms with Gasteiger partial charge in [-0.2, -0.15) is 11.8 Å². The molecule has 144 valence electrons. The van der Waals surface area contributed by atoms with Crippen LogP contribution in [0.1, 0.15) is 39.5 Å². The molecule has 2 atom stereocenters. The van der Waals surface area contributed by atoms with Gasteiger partial charge in [0.1, 0.15) is 11.7 Å². The topological polar surface area (TPSA) is 130 Å². The molecule has 5 N–H and O–H groups in total. The summed E-state index contributed by atoms with van der Waals surface area (Å²) < 4.78 is 0. The predicted octanol–water partition coefficient (Wildman–Crippen LogP) is 1.85. The second-order valence-electron chi connectivity index (χ2n) is 6.67. The Morgan fingerprint density at radius 1 is 1.32 bits per heavy atom. The third-order valence-corrected chi connectivity index (χ3v) is 5.20. The molecule has 9 heteroatoms. The van der Waals surface area contributed by atoms with Crippen molar-refractivity contribution in [1.82, 2.24) is 5.32 Å². The molecule has 0 heterocycles. The van der Waals surface area contributed by atoms with Gasteiger partial charge in [-0.25, -0.2) is 4.79 Å². The molecule has 1 rings (SSSR count). The molecule has 1 aliphatic rings. The first-order valence-electron chi connectivity index (χ1n) is 7.95. The first-order chi connectivity index (χ1) is 11.1. The van der Waals surface area contributed by atoms with E-state index in [0.717, 1.165) is 25.0 Å². The van der Waals surface area contributed by atoms with Crippen molar-refractivity contribution < 1.29 is 24.6 Å². The van der Waals surface area contributed by atoms with Gasteiger partial charge >= 0.3 is 11.9 Å². The number of thioether (sulfide) groups is 1. The van der Waals surface area contributed by atoms with Gasteiger partial charge in [0.05, 0.1) is 0 Å². The zero-order valence-electron chi connectivity index (χ0n) is 14.5. The van der Waals surface area contributed by atoms with E-state index in [1.165, 1.54) is 17.8 Å². The van der Waals surface area contributed by atoms with Crippen LogP contribution in [-0.4, -0.2) is 45.6 Å². The zero-order chi connectivity index (χ0) is 18.3. The number of halogens is 1. The Morgan fingerprint density at radius 3 is 2.40 bits per heavy atom. The average Bonchev–Trinajstić information content (AvgIpc) is 3.13. The average molecular weight is 395 g/mol. The maximum atomic E-state index is 12.0. The van der Waals surface area contributed by atoms with Gasteiger partial charge < -0.3 is 21.3 Å². The first kappa shape index (κ1) is 23.8. The predicted molar refractivity (Wildman–Crippen MR) is 99.8 cm³/mol. The van der Waals surface area contributed by atoms with Gasteiger partial charge in [-0.05, 0) is 36.9 Å². The highest BCUT2D eigenvalue weighted by atomic mass is 35.5. The molecule has 0 radical (unpaired) electrons. The van der Waals surface area contributed by atoms with Crippen LogP contribution in [0.25, 0.3) is 0 Å². The third kappa shape index (κ3) is 8.60. The van der Waals surface area contributed by atoms with Gasteiger partial charge in [-0.1, -0.05) is 19.9 Å².